The number of nitrogens with two attached hydrogens (primary N) is 1. The molecule has 4 N–H and O–H groups in total. The van der Waals surface area contributed by atoms with Crippen molar-refractivity contribution in [2.24, 2.45) is 5.84 Å². The Balaban J connectivity index is 1.85. The summed E-state index contributed by atoms with van der Waals surface area (Å²) in [5.74, 6) is 6.74. The van der Waals surface area contributed by atoms with Gasteiger partial charge in [0.05, 0.1) is 5.01 Å². The summed E-state index contributed by atoms with van der Waals surface area (Å²) < 4.78 is 0. The topological polar surface area (TPSA) is 75.9 Å². The second-order valence-electron chi connectivity index (χ2n) is 3.16. The highest BCUT2D eigenvalue weighted by atomic mass is 32.1. The molecule has 0 bridgehead atoms. The van der Waals surface area contributed by atoms with Crippen molar-refractivity contribution in [1.82, 2.24) is 9.97 Å². The summed E-state index contributed by atoms with van der Waals surface area (Å²) in [6.45, 7) is 0.814. The van der Waals surface area contributed by atoms with Gasteiger partial charge in [-0.05, 0) is 12.1 Å². The molecule has 5 nitrogen and oxygen atoms in total. The number of nitrogens with zero attached hydrogens (tertiary/aromatic N) is 2. The monoisotopic (exact) mass is 235 g/mol. The number of nitrogen functional groups attached to an aromatic ring is 1. The number of aromatic nitrogens is 2. The van der Waals surface area contributed by atoms with Gasteiger partial charge < -0.3 is 10.7 Å². The van der Waals surface area contributed by atoms with Crippen molar-refractivity contribution in [3.63, 3.8) is 0 Å². The lowest BCUT2D eigenvalue weighted by Crippen LogP contribution is -2.11. The summed E-state index contributed by atoms with van der Waals surface area (Å²) in [7, 11) is 0. The average molecular weight is 235 g/mol. The number of nitrogens with one attached hydrogen (secondary N) is 2. The molecule has 0 aliphatic carbocycles. The zero-order chi connectivity index (χ0) is 11.2. The number of rotatable bonds is 5. The van der Waals surface area contributed by atoms with Crippen molar-refractivity contribution in [1.29, 1.82) is 0 Å². The first-order chi connectivity index (χ1) is 7.88. The molecule has 0 aromatic carbocycles. The van der Waals surface area contributed by atoms with Crippen molar-refractivity contribution < 1.29 is 0 Å². The summed E-state index contributed by atoms with van der Waals surface area (Å²) in [6, 6.07) is 5.61. The summed E-state index contributed by atoms with van der Waals surface area (Å²) in [6.07, 6.45) is 2.72. The van der Waals surface area contributed by atoms with E-state index in [-0.39, 0.29) is 0 Å². The summed E-state index contributed by atoms with van der Waals surface area (Å²) in [5.41, 5.74) is 2.51. The van der Waals surface area contributed by atoms with Crippen LogP contribution in [0.4, 0.5) is 11.6 Å². The van der Waals surface area contributed by atoms with Gasteiger partial charge in [-0.15, -0.1) is 11.3 Å². The summed E-state index contributed by atoms with van der Waals surface area (Å²) >= 11 is 1.66. The summed E-state index contributed by atoms with van der Waals surface area (Å²) in [5, 5.41) is 6.32. The van der Waals surface area contributed by atoms with E-state index < -0.39 is 0 Å². The van der Waals surface area contributed by atoms with Gasteiger partial charge in [0.2, 0.25) is 0 Å². The van der Waals surface area contributed by atoms with Gasteiger partial charge in [0.15, 0.2) is 0 Å². The molecule has 0 fully saturated rings. The van der Waals surface area contributed by atoms with Gasteiger partial charge in [-0.1, -0.05) is 6.07 Å². The van der Waals surface area contributed by atoms with E-state index in [1.165, 1.54) is 0 Å². The van der Waals surface area contributed by atoms with Gasteiger partial charge in [0.1, 0.15) is 11.6 Å². The maximum atomic E-state index is 5.28. The minimum absolute atomic E-state index is 0.652. The van der Waals surface area contributed by atoms with Gasteiger partial charge >= 0.3 is 0 Å². The number of anilines is 2. The lowest BCUT2D eigenvalue weighted by Gasteiger charge is -2.05. The Kier molecular flexibility index (Phi) is 3.68. The molecule has 6 heteroatoms. The van der Waals surface area contributed by atoms with Gasteiger partial charge in [-0.3, -0.25) is 0 Å². The van der Waals surface area contributed by atoms with E-state index in [9.17, 15) is 0 Å². The highest BCUT2D eigenvalue weighted by Gasteiger charge is 1.97. The average Bonchev–Trinajstić information content (AvgIpc) is 2.82. The van der Waals surface area contributed by atoms with Crippen LogP contribution in [0.1, 0.15) is 5.01 Å². The molecular weight excluding hydrogens is 222 g/mol. The predicted molar refractivity (Wildman–Crippen MR) is 66.4 cm³/mol. The van der Waals surface area contributed by atoms with E-state index in [1.54, 1.807) is 11.3 Å². The van der Waals surface area contributed by atoms with Crippen molar-refractivity contribution in [2.75, 3.05) is 17.3 Å². The summed E-state index contributed by atoms with van der Waals surface area (Å²) in [4.78, 5) is 8.45. The molecular formula is C10H13N5S. The van der Waals surface area contributed by atoms with Gasteiger partial charge in [0, 0.05) is 24.5 Å². The third kappa shape index (κ3) is 2.91. The van der Waals surface area contributed by atoms with Crippen LogP contribution in [0.3, 0.4) is 0 Å². The Morgan fingerprint density at radius 2 is 2.19 bits per heavy atom. The first-order valence-electron chi connectivity index (χ1n) is 4.94. The molecule has 16 heavy (non-hydrogen) atoms. The zero-order valence-corrected chi connectivity index (χ0v) is 9.50. The fourth-order valence-corrected chi connectivity index (χ4v) is 1.91. The van der Waals surface area contributed by atoms with Crippen molar-refractivity contribution in [3.05, 3.63) is 34.8 Å². The van der Waals surface area contributed by atoms with Crippen molar-refractivity contribution >= 4 is 23.0 Å². The maximum Gasteiger partial charge on any atom is 0.142 e. The molecule has 0 spiro atoms. The molecule has 0 saturated carbocycles. The molecule has 0 unspecified atom stereocenters. The first-order valence-corrected chi connectivity index (χ1v) is 5.82. The Bertz CT molecular complexity index is 429. The van der Waals surface area contributed by atoms with Gasteiger partial charge in [-0.25, -0.2) is 15.8 Å². The lowest BCUT2D eigenvalue weighted by molar-refractivity contribution is 0.987. The maximum absolute atomic E-state index is 5.28. The molecule has 0 aliphatic heterocycles. The first kappa shape index (κ1) is 10.8. The molecule has 2 rings (SSSR count). The lowest BCUT2D eigenvalue weighted by atomic mass is 10.4. The number of thiazole rings is 1. The highest BCUT2D eigenvalue weighted by Crippen LogP contribution is 2.09. The predicted octanol–water partition coefficient (Wildman–Crippen LogP) is 1.48. The second-order valence-corrected chi connectivity index (χ2v) is 4.13. The molecule has 0 aliphatic rings. The highest BCUT2D eigenvalue weighted by molar-refractivity contribution is 7.09. The second kappa shape index (κ2) is 5.43. The third-order valence-corrected chi connectivity index (χ3v) is 2.86. The van der Waals surface area contributed by atoms with Crippen molar-refractivity contribution in [2.45, 2.75) is 6.42 Å². The standard InChI is InChI=1S/C10H13N5S/c11-15-9-3-1-2-8(14-9)12-5-4-10-13-6-7-16-10/h1-3,6-7H,4-5,11H2,(H2,12,14,15). The van der Waals surface area contributed by atoms with E-state index in [1.807, 2.05) is 29.8 Å². The molecule has 2 aromatic rings. The van der Waals surface area contributed by atoms with Crippen LogP contribution < -0.4 is 16.6 Å². The SMILES string of the molecule is NNc1cccc(NCCc2nccs2)n1. The Morgan fingerprint density at radius 3 is 2.94 bits per heavy atom. The normalized spacial score (nSPS) is 10.1. The Labute approximate surface area is 97.7 Å². The third-order valence-electron chi connectivity index (χ3n) is 2.03. The molecule has 0 amide bonds. The van der Waals surface area contributed by atoms with Crippen LogP contribution in [0.5, 0.6) is 0 Å². The number of pyridine rings is 1. The van der Waals surface area contributed by atoms with Gasteiger partial charge in [-0.2, -0.15) is 0 Å². The van der Waals surface area contributed by atoms with Crippen LogP contribution in [0.15, 0.2) is 29.8 Å². The van der Waals surface area contributed by atoms with Crippen LogP contribution in [0, 0.1) is 0 Å². The van der Waals surface area contributed by atoms with E-state index in [0.717, 1.165) is 23.8 Å². The van der Waals surface area contributed by atoms with E-state index in [0.29, 0.717) is 5.82 Å². The van der Waals surface area contributed by atoms with Crippen molar-refractivity contribution in [3.8, 4) is 0 Å². The molecule has 2 heterocycles. The minimum Gasteiger partial charge on any atom is -0.370 e. The Hall–Kier alpha value is -1.66. The van der Waals surface area contributed by atoms with Gasteiger partial charge in [0.25, 0.3) is 0 Å². The molecule has 0 atom stereocenters. The quantitative estimate of drug-likeness (QED) is 0.540. The minimum atomic E-state index is 0.652. The van der Waals surface area contributed by atoms with E-state index >= 15 is 0 Å². The molecule has 84 valence electrons. The van der Waals surface area contributed by atoms with Crippen LogP contribution >= 0.6 is 11.3 Å². The number of hydrazine groups is 1. The van der Waals surface area contributed by atoms with Crippen LogP contribution in [-0.2, 0) is 6.42 Å². The fourth-order valence-electron chi connectivity index (χ4n) is 1.29. The van der Waals surface area contributed by atoms with E-state index in [2.05, 4.69) is 20.7 Å². The van der Waals surface area contributed by atoms with Crippen LogP contribution in [-0.4, -0.2) is 16.5 Å². The number of hydrogen-bond acceptors (Lipinski definition) is 6. The van der Waals surface area contributed by atoms with Crippen LogP contribution in [0.25, 0.3) is 0 Å². The molecule has 0 saturated heterocycles. The van der Waals surface area contributed by atoms with E-state index in [4.69, 9.17) is 5.84 Å². The molecule has 2 aromatic heterocycles. The largest absolute Gasteiger partial charge is 0.370 e. The number of hydrogen-bond donors (Lipinski definition) is 3. The Morgan fingerprint density at radius 1 is 1.31 bits per heavy atom. The molecule has 0 radical (unpaired) electrons. The van der Waals surface area contributed by atoms with Crippen LogP contribution in [0.2, 0.25) is 0 Å². The fraction of sp³-hybridized carbons (Fsp3) is 0.200. The smallest absolute Gasteiger partial charge is 0.142 e. The zero-order valence-electron chi connectivity index (χ0n) is 8.68.